The van der Waals surface area contributed by atoms with E-state index in [0.717, 1.165) is 11.1 Å². The Bertz CT molecular complexity index is 1200. The first-order chi connectivity index (χ1) is 14.3. The summed E-state index contributed by atoms with van der Waals surface area (Å²) in [6, 6.07) is 12.2. The molecule has 0 unspecified atom stereocenters. The largest absolute Gasteiger partial charge is 0.313 e. The molecule has 1 amide bonds. The minimum absolute atomic E-state index is 0.146. The molecule has 0 aliphatic carbocycles. The highest BCUT2D eigenvalue weighted by Crippen LogP contribution is 2.26. The van der Waals surface area contributed by atoms with Crippen LogP contribution in [-0.4, -0.2) is 41.3 Å². The maximum absolute atomic E-state index is 12.8. The Balaban J connectivity index is 1.42. The van der Waals surface area contributed by atoms with Gasteiger partial charge < -0.3 is 4.57 Å². The predicted octanol–water partition coefficient (Wildman–Crippen LogP) is 3.57. The number of anilines is 1. The molecule has 2 aromatic carbocycles. The lowest BCUT2D eigenvalue weighted by atomic mass is 9.97. The maximum Gasteiger partial charge on any atom is 0.243 e. The summed E-state index contributed by atoms with van der Waals surface area (Å²) in [6.45, 7) is 2.54. The third-order valence-corrected chi connectivity index (χ3v) is 7.71. The van der Waals surface area contributed by atoms with Gasteiger partial charge in [0.1, 0.15) is 0 Å². The summed E-state index contributed by atoms with van der Waals surface area (Å²) < 4.78 is 28.9. The molecular weight excluding hydrogens is 424 g/mol. The first kappa shape index (κ1) is 20.8. The van der Waals surface area contributed by atoms with Crippen LogP contribution < -0.4 is 5.32 Å². The number of rotatable bonds is 4. The monoisotopic (exact) mass is 446 g/mol. The van der Waals surface area contributed by atoms with Crippen LogP contribution in [-0.2, 0) is 21.9 Å². The minimum Gasteiger partial charge on any atom is -0.313 e. The number of sulfonamides is 1. The summed E-state index contributed by atoms with van der Waals surface area (Å²) in [4.78, 5) is 17.5. The van der Waals surface area contributed by atoms with Crippen molar-refractivity contribution in [2.24, 2.45) is 13.0 Å². The molecule has 3 aromatic rings. The molecule has 0 radical (unpaired) electrons. The average Bonchev–Trinajstić information content (AvgIpc) is 3.03. The molecule has 4 rings (SSSR count). The first-order valence-corrected chi connectivity index (χ1v) is 11.6. The van der Waals surface area contributed by atoms with Gasteiger partial charge in [0.05, 0.1) is 15.9 Å². The van der Waals surface area contributed by atoms with Crippen LogP contribution >= 0.6 is 11.6 Å². The standard InChI is InChI=1S/C21H23ClN4O3S/c1-14-3-6-17(7-4-14)30(28,29)26-11-9-15(10-12-26)20(27)24-21-23-18-13-16(22)5-8-19(18)25(21)2/h3-8,13,15H,9-12H2,1-2H3,(H,23,24,27). The van der Waals surface area contributed by atoms with Crippen molar-refractivity contribution in [3.8, 4) is 0 Å². The smallest absolute Gasteiger partial charge is 0.243 e. The lowest BCUT2D eigenvalue weighted by molar-refractivity contribution is -0.121. The van der Waals surface area contributed by atoms with Crippen LogP contribution in [0.3, 0.4) is 0 Å². The molecule has 0 spiro atoms. The number of halogens is 1. The lowest BCUT2D eigenvalue weighted by Gasteiger charge is -2.30. The van der Waals surface area contributed by atoms with E-state index in [1.54, 1.807) is 41.0 Å². The summed E-state index contributed by atoms with van der Waals surface area (Å²) in [5.74, 6) is 0.0386. The molecule has 1 fully saturated rings. The highest BCUT2D eigenvalue weighted by molar-refractivity contribution is 7.89. The van der Waals surface area contributed by atoms with Crippen molar-refractivity contribution in [2.75, 3.05) is 18.4 Å². The van der Waals surface area contributed by atoms with Crippen molar-refractivity contribution in [3.63, 3.8) is 0 Å². The Morgan fingerprint density at radius 1 is 1.13 bits per heavy atom. The number of hydrogen-bond donors (Lipinski definition) is 1. The number of hydrogen-bond acceptors (Lipinski definition) is 4. The number of amides is 1. The van der Waals surface area contributed by atoms with Gasteiger partial charge in [-0.1, -0.05) is 29.3 Å². The second-order valence-electron chi connectivity index (χ2n) is 7.61. The van der Waals surface area contributed by atoms with Crippen LogP contribution in [0.25, 0.3) is 11.0 Å². The van der Waals surface area contributed by atoms with Crippen LogP contribution in [0.2, 0.25) is 5.02 Å². The number of carbonyl (C=O) groups is 1. The van der Waals surface area contributed by atoms with E-state index >= 15 is 0 Å². The topological polar surface area (TPSA) is 84.3 Å². The minimum atomic E-state index is -3.54. The van der Waals surface area contributed by atoms with E-state index in [9.17, 15) is 13.2 Å². The number of nitrogens with zero attached hydrogens (tertiary/aromatic N) is 3. The molecule has 1 saturated heterocycles. The fraction of sp³-hybridized carbons (Fsp3) is 0.333. The van der Waals surface area contributed by atoms with Crippen LogP contribution in [0.4, 0.5) is 5.95 Å². The zero-order valence-electron chi connectivity index (χ0n) is 16.8. The van der Waals surface area contributed by atoms with Crippen LogP contribution in [0, 0.1) is 12.8 Å². The second kappa shape index (κ2) is 8.02. The highest BCUT2D eigenvalue weighted by Gasteiger charge is 2.32. The molecule has 1 N–H and O–H groups in total. The number of piperidine rings is 1. The van der Waals surface area contributed by atoms with Gasteiger partial charge >= 0.3 is 0 Å². The van der Waals surface area contributed by atoms with Gasteiger partial charge in [0, 0.05) is 31.1 Å². The number of benzene rings is 2. The molecule has 1 aliphatic heterocycles. The summed E-state index contributed by atoms with van der Waals surface area (Å²) in [7, 11) is -1.71. The predicted molar refractivity (Wildman–Crippen MR) is 117 cm³/mol. The Kier molecular flexibility index (Phi) is 5.57. The Morgan fingerprint density at radius 2 is 1.80 bits per heavy atom. The average molecular weight is 447 g/mol. The maximum atomic E-state index is 12.8. The summed E-state index contributed by atoms with van der Waals surface area (Å²) >= 11 is 6.02. The zero-order chi connectivity index (χ0) is 21.5. The number of nitrogens with one attached hydrogen (secondary N) is 1. The number of imidazole rings is 1. The molecule has 2 heterocycles. The van der Waals surface area contributed by atoms with E-state index in [1.165, 1.54) is 4.31 Å². The Hall–Kier alpha value is -2.42. The fourth-order valence-electron chi connectivity index (χ4n) is 3.71. The van der Waals surface area contributed by atoms with E-state index in [-0.39, 0.29) is 16.7 Å². The lowest BCUT2D eigenvalue weighted by Crippen LogP contribution is -2.41. The zero-order valence-corrected chi connectivity index (χ0v) is 18.4. The molecule has 158 valence electrons. The van der Waals surface area contributed by atoms with Crippen LogP contribution in [0.5, 0.6) is 0 Å². The summed E-state index contributed by atoms with van der Waals surface area (Å²) in [6.07, 6.45) is 0.930. The van der Waals surface area contributed by atoms with Crippen molar-refractivity contribution in [1.29, 1.82) is 0 Å². The first-order valence-electron chi connectivity index (χ1n) is 9.75. The molecule has 30 heavy (non-hydrogen) atoms. The highest BCUT2D eigenvalue weighted by atomic mass is 35.5. The van der Waals surface area contributed by atoms with E-state index in [2.05, 4.69) is 10.3 Å². The molecule has 9 heteroatoms. The van der Waals surface area contributed by atoms with Crippen molar-refractivity contribution in [1.82, 2.24) is 13.9 Å². The normalized spacial score (nSPS) is 16.1. The number of fused-ring (bicyclic) bond motifs is 1. The Labute approximate surface area is 180 Å². The molecule has 1 aliphatic rings. The number of aryl methyl sites for hydroxylation is 2. The third kappa shape index (κ3) is 3.95. The van der Waals surface area contributed by atoms with Crippen molar-refractivity contribution in [2.45, 2.75) is 24.7 Å². The van der Waals surface area contributed by atoms with Gasteiger partial charge in [-0.05, 0) is 50.1 Å². The number of carbonyl (C=O) groups excluding carboxylic acids is 1. The van der Waals surface area contributed by atoms with Crippen LogP contribution in [0.1, 0.15) is 18.4 Å². The van der Waals surface area contributed by atoms with Gasteiger partial charge in [0.2, 0.25) is 21.9 Å². The third-order valence-electron chi connectivity index (χ3n) is 5.56. The van der Waals surface area contributed by atoms with Gasteiger partial charge in [0.15, 0.2) is 0 Å². The van der Waals surface area contributed by atoms with E-state index < -0.39 is 10.0 Å². The Morgan fingerprint density at radius 3 is 2.47 bits per heavy atom. The van der Waals surface area contributed by atoms with Crippen molar-refractivity contribution < 1.29 is 13.2 Å². The quantitative estimate of drug-likeness (QED) is 0.663. The molecule has 0 atom stereocenters. The molecule has 1 aromatic heterocycles. The molecule has 0 saturated carbocycles. The fourth-order valence-corrected chi connectivity index (χ4v) is 5.35. The van der Waals surface area contributed by atoms with E-state index in [1.807, 2.05) is 20.0 Å². The molecular formula is C21H23ClN4O3S. The summed E-state index contributed by atoms with van der Waals surface area (Å²) in [5.41, 5.74) is 2.58. The van der Waals surface area contributed by atoms with Gasteiger partial charge in [-0.15, -0.1) is 0 Å². The van der Waals surface area contributed by atoms with Crippen LogP contribution in [0.15, 0.2) is 47.4 Å². The van der Waals surface area contributed by atoms with Crippen molar-refractivity contribution >= 4 is 44.5 Å². The molecule has 0 bridgehead atoms. The summed E-state index contributed by atoms with van der Waals surface area (Å²) in [5, 5.41) is 3.47. The van der Waals surface area contributed by atoms with Gasteiger partial charge in [-0.25, -0.2) is 13.4 Å². The second-order valence-corrected chi connectivity index (χ2v) is 9.98. The number of aromatic nitrogens is 2. The van der Waals surface area contributed by atoms with E-state index in [0.29, 0.717) is 42.4 Å². The molecule has 7 nitrogen and oxygen atoms in total. The SMILES string of the molecule is Cc1ccc(S(=O)(=O)N2CCC(C(=O)Nc3nc4cc(Cl)ccc4n3C)CC2)cc1. The van der Waals surface area contributed by atoms with Gasteiger partial charge in [-0.3, -0.25) is 10.1 Å². The van der Waals surface area contributed by atoms with Gasteiger partial charge in [0.25, 0.3) is 0 Å². The van der Waals surface area contributed by atoms with Gasteiger partial charge in [-0.2, -0.15) is 4.31 Å². The van der Waals surface area contributed by atoms with E-state index in [4.69, 9.17) is 11.6 Å². The van der Waals surface area contributed by atoms with Crippen molar-refractivity contribution in [3.05, 3.63) is 53.1 Å².